The highest BCUT2D eigenvalue weighted by Gasteiger charge is 2.64. The summed E-state index contributed by atoms with van der Waals surface area (Å²) < 4.78 is 36.5. The van der Waals surface area contributed by atoms with E-state index in [4.69, 9.17) is 28.4 Å². The number of aliphatic hydroxyl groups excluding tert-OH is 11. The van der Waals surface area contributed by atoms with Crippen LogP contribution >= 0.6 is 0 Å². The van der Waals surface area contributed by atoms with Gasteiger partial charge < -0.3 is 84.6 Å². The van der Waals surface area contributed by atoms with E-state index in [1.54, 1.807) is 0 Å². The zero-order valence-corrected chi connectivity index (χ0v) is 37.1. The topological polar surface area (TPSA) is 278 Å². The lowest BCUT2D eigenvalue weighted by molar-refractivity contribution is -0.362. The largest absolute Gasteiger partial charge is 0.394 e. The van der Waals surface area contributed by atoms with Crippen molar-refractivity contribution in [1.29, 1.82) is 0 Å². The Balaban J connectivity index is 1.12. The third-order valence-electron chi connectivity index (χ3n) is 16.8. The molecule has 0 spiro atoms. The summed E-state index contributed by atoms with van der Waals surface area (Å²) in [6.07, 6.45) is -13.4. The summed E-state index contributed by atoms with van der Waals surface area (Å²) in [5, 5.41) is 118. The van der Waals surface area contributed by atoms with Gasteiger partial charge in [-0.2, -0.15) is 0 Å². The number of aliphatic hydroxyl groups is 11. The molecule has 7 aliphatic rings. The number of allylic oxidation sites excluding steroid dienone is 1. The first-order chi connectivity index (χ1) is 29.2. The van der Waals surface area contributed by atoms with Crippen LogP contribution in [-0.4, -0.2) is 180 Å². The highest BCUT2D eigenvalue weighted by Crippen LogP contribution is 2.68. The van der Waals surface area contributed by atoms with Crippen molar-refractivity contribution in [3.63, 3.8) is 0 Å². The molecular weight excluding hydrogens is 812 g/mol. The van der Waals surface area contributed by atoms with E-state index in [1.807, 2.05) is 0 Å². The predicted molar refractivity (Wildman–Crippen MR) is 218 cm³/mol. The molecule has 11 N–H and O–H groups in total. The molecule has 3 aliphatic heterocycles. The van der Waals surface area contributed by atoms with Crippen molar-refractivity contribution >= 4 is 0 Å². The van der Waals surface area contributed by atoms with Crippen LogP contribution in [0.3, 0.4) is 0 Å². The van der Waals surface area contributed by atoms with Crippen LogP contribution in [0.15, 0.2) is 11.6 Å². The van der Waals surface area contributed by atoms with Crippen LogP contribution in [0.2, 0.25) is 0 Å². The molecule has 3 saturated carbocycles. The van der Waals surface area contributed by atoms with Crippen LogP contribution in [0.25, 0.3) is 0 Å². The van der Waals surface area contributed by atoms with Gasteiger partial charge in [0.25, 0.3) is 0 Å². The van der Waals surface area contributed by atoms with Crippen molar-refractivity contribution in [2.24, 2.45) is 46.3 Å². The summed E-state index contributed by atoms with van der Waals surface area (Å²) in [7, 11) is 0. The van der Waals surface area contributed by atoms with Gasteiger partial charge in [-0.1, -0.05) is 46.3 Å². The Morgan fingerprint density at radius 1 is 0.694 bits per heavy atom. The molecular formula is C45H76O17. The van der Waals surface area contributed by atoms with Gasteiger partial charge >= 0.3 is 0 Å². The van der Waals surface area contributed by atoms with E-state index >= 15 is 0 Å². The molecule has 0 aromatic heterocycles. The summed E-state index contributed by atoms with van der Waals surface area (Å²) >= 11 is 0. The van der Waals surface area contributed by atoms with Crippen LogP contribution in [-0.2, 0) is 28.4 Å². The van der Waals surface area contributed by atoms with E-state index in [-0.39, 0.29) is 40.6 Å². The molecule has 0 radical (unpaired) electrons. The summed E-state index contributed by atoms with van der Waals surface area (Å²) in [6, 6.07) is 0. The molecule has 17 heteroatoms. The smallest absolute Gasteiger partial charge is 0.187 e. The summed E-state index contributed by atoms with van der Waals surface area (Å²) in [5.41, 5.74) is 0.874. The standard InChI is InChI=1S/C45H76O17/c1-19(2)7-10-27(48)20(3)31-28(59-43-39(56)40(34(51)30(18-47)61-43)62-41-37(54)35(52)32(49)21(4)57-41)16-26-24-9-8-22-15-23(11-13-44(22,5)25(24)12-14-45(26,31)6)58-42-38(55)36(53)33(50)29(17-46)60-42/h8,19-21,23-43,46-56H,7,9-18H2,1-6H3. The first kappa shape index (κ1) is 49.0. The Bertz CT molecular complexity index is 1520. The van der Waals surface area contributed by atoms with Crippen LogP contribution < -0.4 is 0 Å². The van der Waals surface area contributed by atoms with Gasteiger partial charge in [0.05, 0.1) is 37.6 Å². The Kier molecular flexibility index (Phi) is 15.3. The summed E-state index contributed by atoms with van der Waals surface area (Å²) in [5.74, 6) is 0.813. The van der Waals surface area contributed by atoms with Crippen LogP contribution in [0.5, 0.6) is 0 Å². The van der Waals surface area contributed by atoms with Gasteiger partial charge in [-0.15, -0.1) is 0 Å². The molecule has 6 fully saturated rings. The average Bonchev–Trinajstić information content (AvgIpc) is 3.54. The van der Waals surface area contributed by atoms with Crippen molar-refractivity contribution < 1.29 is 84.6 Å². The lowest BCUT2D eigenvalue weighted by atomic mass is 9.47. The number of ether oxygens (including phenoxy) is 6. The van der Waals surface area contributed by atoms with Crippen molar-refractivity contribution in [3.05, 3.63) is 11.6 Å². The molecule has 25 unspecified atom stereocenters. The molecule has 358 valence electrons. The van der Waals surface area contributed by atoms with Gasteiger partial charge in [0.1, 0.15) is 67.1 Å². The SMILES string of the molecule is CC(C)CCC(O)C(C)C1C(OC2OC(CO)C(O)C(OC3OC(C)C(O)C(O)C3O)C2O)CC2C3CC=C4CC(OC5OC(CO)C(O)C(O)C5O)CCC4(C)C3CCC21C. The second-order valence-electron chi connectivity index (χ2n) is 20.8. The van der Waals surface area contributed by atoms with Gasteiger partial charge in [-0.25, -0.2) is 0 Å². The lowest BCUT2D eigenvalue weighted by Crippen LogP contribution is -2.64. The van der Waals surface area contributed by atoms with Crippen LogP contribution in [0, 0.1) is 46.3 Å². The van der Waals surface area contributed by atoms with Crippen molar-refractivity contribution in [3.8, 4) is 0 Å². The number of fused-ring (bicyclic) bond motifs is 5. The van der Waals surface area contributed by atoms with Crippen LogP contribution in [0.4, 0.5) is 0 Å². The van der Waals surface area contributed by atoms with Gasteiger partial charge in [-0.05, 0) is 111 Å². The molecule has 7 rings (SSSR count). The third-order valence-corrected chi connectivity index (χ3v) is 16.8. The van der Waals surface area contributed by atoms with E-state index in [1.165, 1.54) is 12.5 Å². The zero-order valence-electron chi connectivity index (χ0n) is 37.1. The Morgan fingerprint density at radius 2 is 1.31 bits per heavy atom. The molecule has 62 heavy (non-hydrogen) atoms. The Hall–Kier alpha value is -0.940. The molecule has 3 saturated heterocycles. The van der Waals surface area contributed by atoms with E-state index in [0.29, 0.717) is 37.5 Å². The van der Waals surface area contributed by atoms with Crippen LogP contribution in [0.1, 0.15) is 99.3 Å². The number of rotatable bonds is 13. The quantitative estimate of drug-likeness (QED) is 0.107. The molecule has 17 nitrogen and oxygen atoms in total. The second-order valence-corrected chi connectivity index (χ2v) is 20.8. The fourth-order valence-corrected chi connectivity index (χ4v) is 13.0. The first-order valence-corrected chi connectivity index (χ1v) is 23.2. The van der Waals surface area contributed by atoms with E-state index in [9.17, 15) is 56.2 Å². The minimum Gasteiger partial charge on any atom is -0.394 e. The van der Waals surface area contributed by atoms with E-state index < -0.39 is 118 Å². The fourth-order valence-electron chi connectivity index (χ4n) is 13.0. The maximum atomic E-state index is 11.8. The molecule has 0 bridgehead atoms. The molecule has 0 amide bonds. The minimum absolute atomic E-state index is 0.138. The first-order valence-electron chi connectivity index (χ1n) is 23.2. The third kappa shape index (κ3) is 8.96. The highest BCUT2D eigenvalue weighted by molar-refractivity contribution is 5.26. The highest BCUT2D eigenvalue weighted by atomic mass is 16.7. The normalized spacial score (nSPS) is 51.8. The summed E-state index contributed by atoms with van der Waals surface area (Å²) in [6.45, 7) is 11.3. The van der Waals surface area contributed by atoms with Gasteiger partial charge in [-0.3, -0.25) is 0 Å². The van der Waals surface area contributed by atoms with Crippen molar-refractivity contribution in [1.82, 2.24) is 0 Å². The fraction of sp³-hybridized carbons (Fsp3) is 0.956. The van der Waals surface area contributed by atoms with Gasteiger partial charge in [0.2, 0.25) is 0 Å². The molecule has 0 aromatic rings. The maximum absolute atomic E-state index is 11.8. The van der Waals surface area contributed by atoms with E-state index in [0.717, 1.165) is 32.1 Å². The molecule has 25 atom stereocenters. The molecule has 4 aliphatic carbocycles. The molecule has 0 aromatic carbocycles. The Morgan fingerprint density at radius 3 is 1.95 bits per heavy atom. The van der Waals surface area contributed by atoms with Gasteiger partial charge in [0, 0.05) is 0 Å². The average molecular weight is 889 g/mol. The predicted octanol–water partition coefficient (Wildman–Crippen LogP) is -0.169. The second kappa shape index (κ2) is 19.3. The minimum atomic E-state index is -1.70. The van der Waals surface area contributed by atoms with Crippen molar-refractivity contribution in [2.45, 2.75) is 210 Å². The van der Waals surface area contributed by atoms with Gasteiger partial charge in [0.15, 0.2) is 18.9 Å². The van der Waals surface area contributed by atoms with E-state index in [2.05, 4.69) is 40.7 Å². The lowest BCUT2D eigenvalue weighted by Gasteiger charge is -2.58. The number of hydrogen-bond donors (Lipinski definition) is 11. The molecule has 3 heterocycles. The monoisotopic (exact) mass is 889 g/mol. The summed E-state index contributed by atoms with van der Waals surface area (Å²) in [4.78, 5) is 0. The van der Waals surface area contributed by atoms with Crippen molar-refractivity contribution in [2.75, 3.05) is 13.2 Å². The number of hydrogen-bond acceptors (Lipinski definition) is 17. The Labute approximate surface area is 364 Å². The maximum Gasteiger partial charge on any atom is 0.187 e. The zero-order chi connectivity index (χ0) is 45.2.